The van der Waals surface area contributed by atoms with Gasteiger partial charge in [0.1, 0.15) is 5.75 Å². The first-order valence-corrected chi connectivity index (χ1v) is 9.69. The summed E-state index contributed by atoms with van der Waals surface area (Å²) in [6.45, 7) is 6.68. The Bertz CT molecular complexity index is 670. The molecule has 1 aromatic carbocycles. The third-order valence-corrected chi connectivity index (χ3v) is 5.08. The van der Waals surface area contributed by atoms with Gasteiger partial charge >= 0.3 is 0 Å². The molecule has 3 rings (SSSR count). The second-order valence-electron chi connectivity index (χ2n) is 6.67. The predicted octanol–water partition coefficient (Wildman–Crippen LogP) is 3.58. The molecule has 0 aliphatic carbocycles. The lowest BCUT2D eigenvalue weighted by Gasteiger charge is -2.32. The maximum atomic E-state index is 12.4. The van der Waals surface area contributed by atoms with Crippen LogP contribution in [0.25, 0.3) is 0 Å². The Morgan fingerprint density at radius 2 is 2.20 bits per heavy atom. The van der Waals surface area contributed by atoms with Gasteiger partial charge in [0.2, 0.25) is 0 Å². The SMILES string of the molecule is CC(C)Oc1ccc(C(=O)NCC2CCCN(c3nccs3)C2)cc1. The van der Waals surface area contributed by atoms with Gasteiger partial charge in [-0.1, -0.05) is 0 Å². The molecule has 6 heteroatoms. The highest BCUT2D eigenvalue weighted by atomic mass is 32.1. The van der Waals surface area contributed by atoms with Crippen molar-refractivity contribution in [2.24, 2.45) is 5.92 Å². The number of hydrogen-bond donors (Lipinski definition) is 1. The van der Waals surface area contributed by atoms with Crippen LogP contribution in [0.15, 0.2) is 35.8 Å². The van der Waals surface area contributed by atoms with E-state index in [0.29, 0.717) is 18.0 Å². The minimum atomic E-state index is -0.0255. The van der Waals surface area contributed by atoms with Gasteiger partial charge in [-0.15, -0.1) is 11.3 Å². The van der Waals surface area contributed by atoms with Gasteiger partial charge in [0, 0.05) is 36.8 Å². The van der Waals surface area contributed by atoms with Gasteiger partial charge < -0.3 is 15.0 Å². The zero-order valence-corrected chi connectivity index (χ0v) is 15.6. The van der Waals surface area contributed by atoms with E-state index in [4.69, 9.17) is 4.74 Å². The molecule has 1 N–H and O–H groups in total. The summed E-state index contributed by atoms with van der Waals surface area (Å²) in [6, 6.07) is 7.32. The number of hydrogen-bond acceptors (Lipinski definition) is 5. The molecule has 1 aliphatic heterocycles. The molecule has 25 heavy (non-hydrogen) atoms. The molecule has 2 heterocycles. The number of ether oxygens (including phenoxy) is 1. The highest BCUT2D eigenvalue weighted by Gasteiger charge is 2.22. The van der Waals surface area contributed by atoms with E-state index in [1.54, 1.807) is 11.3 Å². The standard InChI is InChI=1S/C19H25N3O2S/c1-14(2)24-17-7-5-16(6-8-17)18(23)21-12-15-4-3-10-22(13-15)19-20-9-11-25-19/h5-9,11,14-15H,3-4,10,12-13H2,1-2H3,(H,21,23). The molecule has 1 amide bonds. The third-order valence-electron chi connectivity index (χ3n) is 4.25. The third kappa shape index (κ3) is 4.95. The number of carbonyl (C=O) groups excluding carboxylic acids is 1. The summed E-state index contributed by atoms with van der Waals surface area (Å²) in [5.74, 6) is 1.23. The molecule has 5 nitrogen and oxygen atoms in total. The molecule has 1 aliphatic rings. The number of amides is 1. The number of aromatic nitrogens is 1. The number of anilines is 1. The number of nitrogens with one attached hydrogen (secondary N) is 1. The van der Waals surface area contributed by atoms with Gasteiger partial charge in [-0.05, 0) is 56.9 Å². The summed E-state index contributed by atoms with van der Waals surface area (Å²) in [6.07, 6.45) is 4.26. The first-order valence-electron chi connectivity index (χ1n) is 8.81. The fourth-order valence-corrected chi connectivity index (χ4v) is 3.75. The molecule has 1 unspecified atom stereocenters. The van der Waals surface area contributed by atoms with E-state index in [9.17, 15) is 4.79 Å². The second kappa shape index (κ2) is 8.34. The Morgan fingerprint density at radius 1 is 1.40 bits per heavy atom. The van der Waals surface area contributed by atoms with Crippen LogP contribution in [0.3, 0.4) is 0 Å². The average Bonchev–Trinajstić information content (AvgIpc) is 3.15. The van der Waals surface area contributed by atoms with Crippen LogP contribution in [-0.2, 0) is 0 Å². The van der Waals surface area contributed by atoms with Crippen LogP contribution in [0.5, 0.6) is 5.75 Å². The minimum absolute atomic E-state index is 0.0255. The van der Waals surface area contributed by atoms with Crippen molar-refractivity contribution in [3.63, 3.8) is 0 Å². The zero-order chi connectivity index (χ0) is 17.6. The molecule has 1 atom stereocenters. The molecule has 1 aromatic heterocycles. The van der Waals surface area contributed by atoms with Crippen LogP contribution in [0.1, 0.15) is 37.0 Å². The average molecular weight is 359 g/mol. The monoisotopic (exact) mass is 359 g/mol. The summed E-state index contributed by atoms with van der Waals surface area (Å²) < 4.78 is 5.61. The highest BCUT2D eigenvalue weighted by Crippen LogP contribution is 2.24. The molecule has 0 bridgehead atoms. The van der Waals surface area contributed by atoms with E-state index in [0.717, 1.165) is 36.8 Å². The summed E-state index contributed by atoms with van der Waals surface area (Å²) in [5.41, 5.74) is 0.670. The summed E-state index contributed by atoms with van der Waals surface area (Å²) >= 11 is 1.67. The molecule has 1 fully saturated rings. The van der Waals surface area contributed by atoms with Crippen LogP contribution in [0.2, 0.25) is 0 Å². The fraction of sp³-hybridized carbons (Fsp3) is 0.474. The van der Waals surface area contributed by atoms with Crippen molar-refractivity contribution in [3.8, 4) is 5.75 Å². The highest BCUT2D eigenvalue weighted by molar-refractivity contribution is 7.13. The van der Waals surface area contributed by atoms with Crippen LogP contribution in [-0.4, -0.2) is 36.6 Å². The summed E-state index contributed by atoms with van der Waals surface area (Å²) in [4.78, 5) is 19.1. The van der Waals surface area contributed by atoms with Crippen LogP contribution < -0.4 is 15.0 Å². The Balaban J connectivity index is 1.50. The summed E-state index contributed by atoms with van der Waals surface area (Å²) in [7, 11) is 0. The van der Waals surface area contributed by atoms with Gasteiger partial charge in [-0.2, -0.15) is 0 Å². The maximum absolute atomic E-state index is 12.4. The van der Waals surface area contributed by atoms with Crippen molar-refractivity contribution >= 4 is 22.4 Å². The van der Waals surface area contributed by atoms with Crippen molar-refractivity contribution < 1.29 is 9.53 Å². The lowest BCUT2D eigenvalue weighted by Crippen LogP contribution is -2.41. The van der Waals surface area contributed by atoms with Crippen molar-refractivity contribution in [1.82, 2.24) is 10.3 Å². The van der Waals surface area contributed by atoms with Crippen molar-refractivity contribution in [1.29, 1.82) is 0 Å². The largest absolute Gasteiger partial charge is 0.491 e. The topological polar surface area (TPSA) is 54.5 Å². The van der Waals surface area contributed by atoms with E-state index in [-0.39, 0.29) is 12.0 Å². The molecule has 0 spiro atoms. The molecular weight excluding hydrogens is 334 g/mol. The number of nitrogens with zero attached hydrogens (tertiary/aromatic N) is 2. The van der Waals surface area contributed by atoms with Crippen LogP contribution in [0, 0.1) is 5.92 Å². The minimum Gasteiger partial charge on any atom is -0.491 e. The van der Waals surface area contributed by atoms with Crippen molar-refractivity contribution in [2.45, 2.75) is 32.8 Å². The number of thiazole rings is 1. The van der Waals surface area contributed by atoms with E-state index in [1.807, 2.05) is 49.7 Å². The first-order chi connectivity index (χ1) is 12.1. The van der Waals surface area contributed by atoms with Gasteiger partial charge in [-0.3, -0.25) is 4.79 Å². The predicted molar refractivity (Wildman–Crippen MR) is 102 cm³/mol. The van der Waals surface area contributed by atoms with Gasteiger partial charge in [0.15, 0.2) is 5.13 Å². The Hall–Kier alpha value is -2.08. The second-order valence-corrected chi connectivity index (χ2v) is 7.54. The van der Waals surface area contributed by atoms with Crippen molar-refractivity contribution in [2.75, 3.05) is 24.5 Å². The first kappa shape index (κ1) is 17.7. The van der Waals surface area contributed by atoms with E-state index < -0.39 is 0 Å². The lowest BCUT2D eigenvalue weighted by atomic mass is 9.98. The molecule has 0 saturated carbocycles. The quantitative estimate of drug-likeness (QED) is 0.857. The molecule has 0 radical (unpaired) electrons. The molecule has 1 saturated heterocycles. The van der Waals surface area contributed by atoms with E-state index in [2.05, 4.69) is 15.2 Å². The maximum Gasteiger partial charge on any atom is 0.251 e. The molecular formula is C19H25N3O2S. The number of piperidine rings is 1. The Kier molecular flexibility index (Phi) is 5.91. The number of rotatable bonds is 6. The number of benzene rings is 1. The Morgan fingerprint density at radius 3 is 2.88 bits per heavy atom. The normalized spacial score (nSPS) is 17.6. The Labute approximate surface area is 153 Å². The van der Waals surface area contributed by atoms with Gasteiger partial charge in [-0.25, -0.2) is 4.98 Å². The summed E-state index contributed by atoms with van der Waals surface area (Å²) in [5, 5.41) is 6.16. The molecule has 2 aromatic rings. The van der Waals surface area contributed by atoms with Crippen molar-refractivity contribution in [3.05, 3.63) is 41.4 Å². The van der Waals surface area contributed by atoms with Gasteiger partial charge in [0.25, 0.3) is 5.91 Å². The van der Waals surface area contributed by atoms with Crippen LogP contribution >= 0.6 is 11.3 Å². The zero-order valence-electron chi connectivity index (χ0n) is 14.8. The molecule has 134 valence electrons. The lowest BCUT2D eigenvalue weighted by molar-refractivity contribution is 0.0945. The van der Waals surface area contributed by atoms with E-state index in [1.165, 1.54) is 0 Å². The van der Waals surface area contributed by atoms with Crippen LogP contribution in [0.4, 0.5) is 5.13 Å². The number of carbonyl (C=O) groups is 1. The fourth-order valence-electron chi connectivity index (χ4n) is 3.07. The van der Waals surface area contributed by atoms with Gasteiger partial charge in [0.05, 0.1) is 6.10 Å². The van der Waals surface area contributed by atoms with E-state index >= 15 is 0 Å². The smallest absolute Gasteiger partial charge is 0.251 e.